The molecule has 5 rings (SSSR count). The molecule has 50 heavy (non-hydrogen) atoms. The lowest BCUT2D eigenvalue weighted by Gasteiger charge is -2.31. The van der Waals surface area contributed by atoms with Crippen LogP contribution in [0.4, 0.5) is 26.3 Å². The molecule has 0 aliphatic heterocycles. The van der Waals surface area contributed by atoms with E-state index in [1.54, 1.807) is 19.9 Å². The van der Waals surface area contributed by atoms with Crippen LogP contribution < -0.4 is 0 Å². The molecule has 0 amide bonds. The van der Waals surface area contributed by atoms with Gasteiger partial charge in [0.2, 0.25) is 11.8 Å². The molecule has 1 aliphatic rings. The van der Waals surface area contributed by atoms with Crippen LogP contribution >= 0.6 is 22.6 Å². The molecule has 2 aromatic heterocycles. The Morgan fingerprint density at radius 2 is 1.40 bits per heavy atom. The van der Waals surface area contributed by atoms with Crippen molar-refractivity contribution in [2.75, 3.05) is 6.61 Å². The number of hydrogen-bond donors (Lipinski definition) is 1. The van der Waals surface area contributed by atoms with Crippen molar-refractivity contribution in [3.8, 4) is 22.9 Å². The van der Waals surface area contributed by atoms with Crippen molar-refractivity contribution in [1.29, 1.82) is 0 Å². The van der Waals surface area contributed by atoms with Gasteiger partial charge in [0, 0.05) is 15.6 Å². The van der Waals surface area contributed by atoms with Crippen LogP contribution in [0.2, 0.25) is 0 Å². The second-order valence-electron chi connectivity index (χ2n) is 12.4. The number of alkyl halides is 7. The number of rotatable bonds is 10. The Balaban J connectivity index is 0.000000263. The Labute approximate surface area is 298 Å². The first-order valence-corrected chi connectivity index (χ1v) is 17.2. The predicted octanol–water partition coefficient (Wildman–Crippen LogP) is 10.2. The first kappa shape index (κ1) is 39.3. The average molecular weight is 823 g/mol. The average Bonchev–Trinajstić information content (AvgIpc) is 3.64. The van der Waals surface area contributed by atoms with Crippen LogP contribution in [0.1, 0.15) is 73.6 Å². The Morgan fingerprint density at radius 3 is 1.88 bits per heavy atom. The Hall–Kier alpha value is -3.44. The Morgan fingerprint density at radius 1 is 0.880 bits per heavy atom. The van der Waals surface area contributed by atoms with Crippen LogP contribution in [0.25, 0.3) is 22.9 Å². The van der Waals surface area contributed by atoms with Gasteiger partial charge in [-0.25, -0.2) is 14.8 Å². The number of halogens is 7. The van der Waals surface area contributed by atoms with Gasteiger partial charge in [-0.15, -0.1) is 0 Å². The van der Waals surface area contributed by atoms with Crippen LogP contribution in [-0.2, 0) is 37.7 Å². The molecule has 0 spiro atoms. The van der Waals surface area contributed by atoms with Crippen molar-refractivity contribution in [2.24, 2.45) is 5.92 Å². The second kappa shape index (κ2) is 16.3. The SMILES string of the molecule is Cc1oc(-c2cccc(C(F)(F)F)c2)nc1CI.Cc1oc(-c2cccc(C(F)(F)F)c2)nc1CO[C@@H]1CCC[C@H](COC(C)(C)C(=O)O)C1. The van der Waals surface area contributed by atoms with Crippen molar-refractivity contribution >= 4 is 28.6 Å². The zero-order valence-corrected chi connectivity index (χ0v) is 29.9. The maximum atomic E-state index is 13.0. The second-order valence-corrected chi connectivity index (χ2v) is 13.2. The summed E-state index contributed by atoms with van der Waals surface area (Å²) in [5.41, 5.74) is -0.803. The number of nitrogens with zero attached hydrogens (tertiary/aromatic N) is 2. The van der Waals surface area contributed by atoms with E-state index in [1.165, 1.54) is 32.0 Å². The maximum absolute atomic E-state index is 13.0. The lowest BCUT2D eigenvalue weighted by Crippen LogP contribution is -2.37. The lowest BCUT2D eigenvalue weighted by molar-refractivity contribution is -0.163. The summed E-state index contributed by atoms with van der Waals surface area (Å²) < 4.78 is 99.9. The topological polar surface area (TPSA) is 108 Å². The molecule has 0 saturated heterocycles. The summed E-state index contributed by atoms with van der Waals surface area (Å²) in [6, 6.07) is 9.84. The number of benzene rings is 2. The molecule has 1 aliphatic carbocycles. The summed E-state index contributed by atoms with van der Waals surface area (Å²) in [5, 5.41) is 9.18. The molecule has 2 atom stereocenters. The monoisotopic (exact) mass is 822 g/mol. The first-order chi connectivity index (χ1) is 23.4. The van der Waals surface area contributed by atoms with E-state index in [-0.39, 0.29) is 36.0 Å². The van der Waals surface area contributed by atoms with Crippen LogP contribution in [0.15, 0.2) is 57.4 Å². The number of aromatic nitrogens is 2. The molecular weight excluding hydrogens is 785 g/mol. The molecule has 0 radical (unpaired) electrons. The van der Waals surface area contributed by atoms with E-state index in [2.05, 4.69) is 32.6 Å². The number of aryl methyl sites for hydroxylation is 2. The van der Waals surface area contributed by atoms with Crippen molar-refractivity contribution in [1.82, 2.24) is 9.97 Å². The minimum atomic E-state index is -4.44. The number of carbonyl (C=O) groups is 1. The van der Waals surface area contributed by atoms with E-state index in [9.17, 15) is 36.2 Å². The van der Waals surface area contributed by atoms with E-state index in [4.69, 9.17) is 18.3 Å². The van der Waals surface area contributed by atoms with Gasteiger partial charge in [0.05, 0.1) is 36.1 Å². The zero-order valence-electron chi connectivity index (χ0n) is 27.8. The van der Waals surface area contributed by atoms with Gasteiger partial charge in [0.15, 0.2) is 5.60 Å². The predicted molar refractivity (Wildman–Crippen MR) is 179 cm³/mol. The summed E-state index contributed by atoms with van der Waals surface area (Å²) in [7, 11) is 0. The molecule has 4 aromatic rings. The Kier molecular flexibility index (Phi) is 12.8. The number of ether oxygens (including phenoxy) is 2. The minimum absolute atomic E-state index is 0.0293. The van der Waals surface area contributed by atoms with E-state index < -0.39 is 35.0 Å². The third-order valence-corrected chi connectivity index (χ3v) is 8.89. The third-order valence-electron chi connectivity index (χ3n) is 8.17. The van der Waals surface area contributed by atoms with Gasteiger partial charge in [-0.2, -0.15) is 26.3 Å². The summed E-state index contributed by atoms with van der Waals surface area (Å²) >= 11 is 2.13. The number of carboxylic acid groups (broad SMARTS) is 1. The first-order valence-electron chi connectivity index (χ1n) is 15.7. The van der Waals surface area contributed by atoms with Gasteiger partial charge in [-0.1, -0.05) is 41.1 Å². The minimum Gasteiger partial charge on any atom is -0.479 e. The van der Waals surface area contributed by atoms with Gasteiger partial charge >= 0.3 is 18.3 Å². The standard InChI is InChI=1S/C23H28F3NO5.C12H9F3INO/c1-14-19(27-20(32-14)16-7-5-8-17(11-16)23(24,25)26)13-30-18-9-4-6-15(10-18)12-31-22(2,3)21(28)29;1-7-10(6-16)17-11(18-7)8-3-2-4-9(5-8)12(13,14)15/h5,7-8,11,15,18H,4,6,9-10,12-13H2,1-3H3,(H,28,29);2-5H,6H2,1H3/t15-,18+;/m0./s1. The van der Waals surface area contributed by atoms with E-state index in [1.807, 2.05) is 0 Å². The van der Waals surface area contributed by atoms with Gasteiger partial charge in [0.25, 0.3) is 0 Å². The van der Waals surface area contributed by atoms with Gasteiger partial charge < -0.3 is 23.4 Å². The van der Waals surface area contributed by atoms with Gasteiger partial charge in [0.1, 0.15) is 17.2 Å². The molecule has 0 bridgehead atoms. The number of hydrogen-bond acceptors (Lipinski definition) is 7. The van der Waals surface area contributed by atoms with Crippen LogP contribution in [0, 0.1) is 19.8 Å². The number of oxazole rings is 2. The summed E-state index contributed by atoms with van der Waals surface area (Å²) in [6.07, 6.45) is -5.33. The third kappa shape index (κ3) is 10.5. The fraction of sp³-hybridized carbons (Fsp3) is 0.457. The summed E-state index contributed by atoms with van der Waals surface area (Å²) in [6.45, 7) is 7.05. The smallest absolute Gasteiger partial charge is 0.416 e. The van der Waals surface area contributed by atoms with E-state index in [0.717, 1.165) is 55.6 Å². The van der Waals surface area contributed by atoms with Crippen molar-refractivity contribution in [2.45, 2.75) is 88.5 Å². The molecule has 1 fully saturated rings. The Bertz CT molecular complexity index is 1750. The highest BCUT2D eigenvalue weighted by Gasteiger charge is 2.33. The van der Waals surface area contributed by atoms with Crippen molar-refractivity contribution < 1.29 is 54.6 Å². The molecule has 8 nitrogen and oxygen atoms in total. The normalized spacial score (nSPS) is 16.9. The number of carboxylic acids is 1. The molecule has 1 saturated carbocycles. The number of aliphatic carboxylic acids is 1. The summed E-state index contributed by atoms with van der Waals surface area (Å²) in [5.74, 6) is 0.682. The highest BCUT2D eigenvalue weighted by Crippen LogP contribution is 2.34. The van der Waals surface area contributed by atoms with E-state index >= 15 is 0 Å². The molecule has 0 unspecified atom stereocenters. The van der Waals surface area contributed by atoms with E-state index in [0.29, 0.717) is 33.8 Å². The van der Waals surface area contributed by atoms with Crippen LogP contribution in [-0.4, -0.2) is 39.4 Å². The van der Waals surface area contributed by atoms with Crippen LogP contribution in [0.3, 0.4) is 0 Å². The van der Waals surface area contributed by atoms with Gasteiger partial charge in [-0.05, 0) is 89.3 Å². The highest BCUT2D eigenvalue weighted by atomic mass is 127. The summed E-state index contributed by atoms with van der Waals surface area (Å²) in [4.78, 5) is 19.7. The zero-order chi connectivity index (χ0) is 36.9. The molecular formula is C35H37F6IN2O6. The molecule has 15 heteroatoms. The molecule has 2 aromatic carbocycles. The van der Waals surface area contributed by atoms with Crippen LogP contribution in [0.5, 0.6) is 0 Å². The quantitative estimate of drug-likeness (QED) is 0.0957. The van der Waals surface area contributed by atoms with Crippen molar-refractivity contribution in [3.05, 3.63) is 82.6 Å². The van der Waals surface area contributed by atoms with Gasteiger partial charge in [-0.3, -0.25) is 0 Å². The highest BCUT2D eigenvalue weighted by molar-refractivity contribution is 14.1. The fourth-order valence-electron chi connectivity index (χ4n) is 5.15. The molecule has 1 N–H and O–H groups in total. The molecule has 272 valence electrons. The maximum Gasteiger partial charge on any atom is 0.416 e. The van der Waals surface area contributed by atoms with Crippen molar-refractivity contribution in [3.63, 3.8) is 0 Å². The fourth-order valence-corrected chi connectivity index (χ4v) is 5.85. The lowest BCUT2D eigenvalue weighted by atomic mass is 9.87. The largest absolute Gasteiger partial charge is 0.479 e. The molecule has 2 heterocycles.